The van der Waals surface area contributed by atoms with E-state index in [-0.39, 0.29) is 0 Å². The van der Waals surface area contributed by atoms with Gasteiger partial charge in [0.1, 0.15) is 5.82 Å². The first kappa shape index (κ1) is 24.1. The Bertz CT molecular complexity index is 1520. The molecule has 3 aromatic carbocycles. The molecule has 4 aromatic rings. The summed E-state index contributed by atoms with van der Waals surface area (Å²) in [6.07, 6.45) is 3.26. The van der Waals surface area contributed by atoms with Crippen molar-refractivity contribution >= 4 is 39.9 Å². The summed E-state index contributed by atoms with van der Waals surface area (Å²) in [5.74, 6) is 1.82. The lowest BCUT2D eigenvalue weighted by Gasteiger charge is -2.18. The molecular weight excluding hydrogens is 450 g/mol. The monoisotopic (exact) mass is 475 g/mol. The molecule has 4 rings (SSSR count). The largest absolute Gasteiger partial charge is 0.493 e. The molecule has 0 fully saturated rings. The van der Waals surface area contributed by atoms with Crippen LogP contribution in [-0.2, 0) is 0 Å². The van der Waals surface area contributed by atoms with Crippen molar-refractivity contribution in [2.75, 3.05) is 24.9 Å². The van der Waals surface area contributed by atoms with Crippen molar-refractivity contribution in [2.45, 2.75) is 13.8 Å². The van der Waals surface area contributed by atoms with E-state index >= 15 is 0 Å². The number of anilines is 4. The van der Waals surface area contributed by atoms with E-state index in [0.717, 1.165) is 44.7 Å². The lowest BCUT2D eigenvalue weighted by Crippen LogP contribution is -2.02. The molecule has 1 heterocycles. The summed E-state index contributed by atoms with van der Waals surface area (Å²) in [7, 11) is 3.20. The zero-order valence-corrected chi connectivity index (χ0v) is 20.5. The van der Waals surface area contributed by atoms with Gasteiger partial charge in [0.05, 0.1) is 43.1 Å². The molecule has 7 nitrogen and oxygen atoms in total. The van der Waals surface area contributed by atoms with E-state index in [1.54, 1.807) is 32.4 Å². The minimum Gasteiger partial charge on any atom is -0.493 e. The van der Waals surface area contributed by atoms with Crippen molar-refractivity contribution in [3.63, 3.8) is 0 Å². The Morgan fingerprint density at radius 2 is 1.53 bits per heavy atom. The zero-order valence-electron chi connectivity index (χ0n) is 20.5. The molecule has 0 aliphatic carbocycles. The summed E-state index contributed by atoms with van der Waals surface area (Å²) in [5, 5.41) is 25.7. The van der Waals surface area contributed by atoms with Crippen LogP contribution in [0.1, 0.15) is 22.3 Å². The summed E-state index contributed by atoms with van der Waals surface area (Å²) in [5.41, 5.74) is 6.97. The molecular formula is C29H25N5O2. The summed E-state index contributed by atoms with van der Waals surface area (Å²) in [4.78, 5) is 4.80. The maximum Gasteiger partial charge on any atom is 0.162 e. The first-order chi connectivity index (χ1) is 17.4. The number of benzene rings is 3. The minimum absolute atomic E-state index is 0.583. The number of hydrogen-bond donors (Lipinski definition) is 2. The standard InChI is InChI=1S/C29H25N5O2/c1-18-12-21(6-5-11-30)13-19(2)29(18)34-25-16-28(32-22-9-7-20(17-31)8-10-22)33-24-15-27(36-4)26(35-3)14-23(24)25/h5-10,12-16H,1-4H3,(H2,32,33,34)/b6-5+. The van der Waals surface area contributed by atoms with Gasteiger partial charge in [0, 0.05) is 35.0 Å². The van der Waals surface area contributed by atoms with E-state index in [4.69, 9.17) is 25.0 Å². The van der Waals surface area contributed by atoms with Gasteiger partial charge in [-0.1, -0.05) is 0 Å². The molecule has 0 spiro atoms. The molecule has 0 aliphatic heterocycles. The van der Waals surface area contributed by atoms with Gasteiger partial charge in [0.15, 0.2) is 11.5 Å². The predicted molar refractivity (Wildman–Crippen MR) is 143 cm³/mol. The fourth-order valence-electron chi connectivity index (χ4n) is 4.05. The van der Waals surface area contributed by atoms with Gasteiger partial charge in [-0.15, -0.1) is 0 Å². The lowest BCUT2D eigenvalue weighted by molar-refractivity contribution is 0.356. The van der Waals surface area contributed by atoms with Crippen LogP contribution in [0.5, 0.6) is 11.5 Å². The van der Waals surface area contributed by atoms with Crippen LogP contribution in [0.4, 0.5) is 22.9 Å². The van der Waals surface area contributed by atoms with E-state index in [1.165, 1.54) is 6.08 Å². The highest BCUT2D eigenvalue weighted by Crippen LogP contribution is 2.38. The number of hydrogen-bond acceptors (Lipinski definition) is 7. The predicted octanol–water partition coefficient (Wildman–Crippen LogP) is 6.76. The number of allylic oxidation sites excluding steroid dienone is 1. The molecule has 0 saturated heterocycles. The third-order valence-corrected chi connectivity index (χ3v) is 5.77. The van der Waals surface area contributed by atoms with Crippen molar-refractivity contribution in [3.8, 4) is 23.6 Å². The number of nitrogens with zero attached hydrogens (tertiary/aromatic N) is 3. The van der Waals surface area contributed by atoms with E-state index < -0.39 is 0 Å². The minimum atomic E-state index is 0.583. The van der Waals surface area contributed by atoms with Crippen molar-refractivity contribution in [1.82, 2.24) is 4.98 Å². The van der Waals surface area contributed by atoms with Crippen LogP contribution < -0.4 is 20.1 Å². The molecule has 0 bridgehead atoms. The first-order valence-corrected chi connectivity index (χ1v) is 11.2. The number of nitrogens with one attached hydrogen (secondary N) is 2. The number of methoxy groups -OCH3 is 2. The van der Waals surface area contributed by atoms with Crippen LogP contribution in [0.3, 0.4) is 0 Å². The summed E-state index contributed by atoms with van der Waals surface area (Å²) >= 11 is 0. The quantitative estimate of drug-likeness (QED) is 0.284. The highest BCUT2D eigenvalue weighted by Gasteiger charge is 2.14. The van der Waals surface area contributed by atoms with Crippen molar-refractivity contribution in [2.24, 2.45) is 0 Å². The van der Waals surface area contributed by atoms with Gasteiger partial charge < -0.3 is 20.1 Å². The molecule has 178 valence electrons. The number of pyridine rings is 1. The smallest absolute Gasteiger partial charge is 0.162 e. The van der Waals surface area contributed by atoms with Crippen molar-refractivity contribution < 1.29 is 9.47 Å². The highest BCUT2D eigenvalue weighted by molar-refractivity contribution is 5.97. The second kappa shape index (κ2) is 10.5. The SMILES string of the molecule is COc1cc2nc(Nc3ccc(C#N)cc3)cc(Nc3c(C)cc(/C=C/C#N)cc3C)c2cc1OC. The number of nitriles is 2. The van der Waals surface area contributed by atoms with Crippen LogP contribution in [-0.4, -0.2) is 19.2 Å². The van der Waals surface area contributed by atoms with Gasteiger partial charge in [0.2, 0.25) is 0 Å². The number of aryl methyl sites for hydroxylation is 2. The molecule has 0 aliphatic rings. The maximum absolute atomic E-state index is 9.08. The third kappa shape index (κ3) is 5.06. The molecule has 1 aromatic heterocycles. The van der Waals surface area contributed by atoms with Gasteiger partial charge in [-0.05, 0) is 79.1 Å². The third-order valence-electron chi connectivity index (χ3n) is 5.77. The Morgan fingerprint density at radius 3 is 2.14 bits per heavy atom. The molecule has 0 unspecified atom stereocenters. The number of rotatable bonds is 7. The van der Waals surface area contributed by atoms with Gasteiger partial charge in [0.25, 0.3) is 0 Å². The van der Waals surface area contributed by atoms with E-state index in [1.807, 2.05) is 62.4 Å². The fourth-order valence-corrected chi connectivity index (χ4v) is 4.05. The molecule has 0 amide bonds. The number of aromatic nitrogens is 1. The number of ether oxygens (including phenoxy) is 2. The zero-order chi connectivity index (χ0) is 25.7. The Labute approximate surface area is 210 Å². The molecule has 2 N–H and O–H groups in total. The van der Waals surface area contributed by atoms with Crippen molar-refractivity contribution in [1.29, 1.82) is 10.5 Å². The Hall–Kier alpha value is -5.01. The first-order valence-electron chi connectivity index (χ1n) is 11.2. The van der Waals surface area contributed by atoms with Gasteiger partial charge >= 0.3 is 0 Å². The normalized spacial score (nSPS) is 10.6. The van der Waals surface area contributed by atoms with Gasteiger partial charge in [-0.25, -0.2) is 4.98 Å². The molecule has 7 heteroatoms. The average molecular weight is 476 g/mol. The van der Waals surface area contributed by atoms with E-state index in [9.17, 15) is 0 Å². The molecule has 36 heavy (non-hydrogen) atoms. The summed E-state index contributed by atoms with van der Waals surface area (Å²) in [6, 6.07) is 21.1. The fraction of sp³-hybridized carbons (Fsp3) is 0.138. The topological polar surface area (TPSA) is 103 Å². The van der Waals surface area contributed by atoms with Crippen LogP contribution >= 0.6 is 0 Å². The van der Waals surface area contributed by atoms with Crippen molar-refractivity contribution in [3.05, 3.63) is 82.9 Å². The molecule has 0 radical (unpaired) electrons. The van der Waals surface area contributed by atoms with Crippen LogP contribution in [0.15, 0.2) is 60.7 Å². The van der Waals surface area contributed by atoms with Gasteiger partial charge in [-0.2, -0.15) is 10.5 Å². The van der Waals surface area contributed by atoms with Crippen LogP contribution in [0, 0.1) is 36.5 Å². The second-order valence-corrected chi connectivity index (χ2v) is 8.21. The average Bonchev–Trinajstić information content (AvgIpc) is 2.89. The van der Waals surface area contributed by atoms with E-state index in [2.05, 4.69) is 16.7 Å². The van der Waals surface area contributed by atoms with Crippen LogP contribution in [0.25, 0.3) is 17.0 Å². The number of fused-ring (bicyclic) bond motifs is 1. The Balaban J connectivity index is 1.83. The highest BCUT2D eigenvalue weighted by atomic mass is 16.5. The second-order valence-electron chi connectivity index (χ2n) is 8.21. The van der Waals surface area contributed by atoms with E-state index in [0.29, 0.717) is 22.9 Å². The van der Waals surface area contributed by atoms with Gasteiger partial charge in [-0.3, -0.25) is 0 Å². The summed E-state index contributed by atoms with van der Waals surface area (Å²) < 4.78 is 11.0. The Kier molecular flexibility index (Phi) is 7.04. The molecule has 0 atom stereocenters. The maximum atomic E-state index is 9.08. The molecule has 0 saturated carbocycles. The van der Waals surface area contributed by atoms with Crippen LogP contribution in [0.2, 0.25) is 0 Å². The summed E-state index contributed by atoms with van der Waals surface area (Å²) in [6.45, 7) is 4.06. The lowest BCUT2D eigenvalue weighted by atomic mass is 10.0. The Morgan fingerprint density at radius 1 is 0.861 bits per heavy atom.